The van der Waals surface area contributed by atoms with Gasteiger partial charge in [0.25, 0.3) is 0 Å². The zero-order valence-corrected chi connectivity index (χ0v) is 20.3. The van der Waals surface area contributed by atoms with E-state index >= 15 is 0 Å². The fourth-order valence-corrected chi connectivity index (χ4v) is 5.64. The molecule has 5 rings (SSSR count). The SMILES string of the molecule is COC(=O)c1ccc(Cn2ccc3c(N4CCC5(CC4)CN(CC(C)(C)O)C5)ccnc32)cc1. The summed E-state index contributed by atoms with van der Waals surface area (Å²) in [5.74, 6) is -0.320. The van der Waals surface area contributed by atoms with Crippen LogP contribution in [0.2, 0.25) is 0 Å². The van der Waals surface area contributed by atoms with Crippen LogP contribution in [-0.2, 0) is 11.3 Å². The maximum atomic E-state index is 11.7. The molecule has 0 aliphatic carbocycles. The number of rotatable bonds is 6. The number of carbonyl (C=O) groups excluding carboxylic acids is 1. The third kappa shape index (κ3) is 4.55. The Kier molecular flexibility index (Phi) is 5.86. The Bertz CT molecular complexity index is 1160. The molecular formula is C27H34N4O3. The molecule has 0 saturated carbocycles. The molecule has 2 aliphatic heterocycles. The quantitative estimate of drug-likeness (QED) is 0.565. The summed E-state index contributed by atoms with van der Waals surface area (Å²) in [6, 6.07) is 11.8. The summed E-state index contributed by atoms with van der Waals surface area (Å²) in [4.78, 5) is 21.3. The van der Waals surface area contributed by atoms with Crippen molar-refractivity contribution in [2.75, 3.05) is 44.7 Å². The van der Waals surface area contributed by atoms with Crippen molar-refractivity contribution in [3.05, 3.63) is 59.9 Å². The van der Waals surface area contributed by atoms with Crippen LogP contribution in [0.4, 0.5) is 5.69 Å². The molecule has 3 aromatic rings. The van der Waals surface area contributed by atoms with Crippen LogP contribution in [0.5, 0.6) is 0 Å². The number of piperidine rings is 1. The van der Waals surface area contributed by atoms with Gasteiger partial charge in [0, 0.05) is 62.7 Å². The van der Waals surface area contributed by atoms with Gasteiger partial charge in [-0.15, -0.1) is 0 Å². The van der Waals surface area contributed by atoms with Crippen LogP contribution in [0.1, 0.15) is 42.6 Å². The monoisotopic (exact) mass is 462 g/mol. The Balaban J connectivity index is 1.26. The normalized spacial score (nSPS) is 18.3. The Morgan fingerprint density at radius 3 is 2.47 bits per heavy atom. The third-order valence-electron chi connectivity index (χ3n) is 7.26. The van der Waals surface area contributed by atoms with Gasteiger partial charge < -0.3 is 19.3 Å². The highest BCUT2D eigenvalue weighted by molar-refractivity contribution is 5.90. The molecule has 1 N–H and O–H groups in total. The van der Waals surface area contributed by atoms with Crippen LogP contribution in [0.3, 0.4) is 0 Å². The van der Waals surface area contributed by atoms with Gasteiger partial charge in [-0.05, 0) is 61.9 Å². The highest BCUT2D eigenvalue weighted by Crippen LogP contribution is 2.42. The Morgan fingerprint density at radius 2 is 1.82 bits per heavy atom. The summed E-state index contributed by atoms with van der Waals surface area (Å²) in [5, 5.41) is 11.3. The topological polar surface area (TPSA) is 70.8 Å². The number of fused-ring (bicyclic) bond motifs is 1. The number of methoxy groups -OCH3 is 1. The van der Waals surface area contributed by atoms with Crippen molar-refractivity contribution in [1.29, 1.82) is 0 Å². The van der Waals surface area contributed by atoms with E-state index in [1.807, 2.05) is 32.2 Å². The van der Waals surface area contributed by atoms with E-state index < -0.39 is 5.60 Å². The largest absolute Gasteiger partial charge is 0.465 e. The van der Waals surface area contributed by atoms with Gasteiger partial charge in [0.15, 0.2) is 0 Å². The second-order valence-corrected chi connectivity index (χ2v) is 10.6. The van der Waals surface area contributed by atoms with Crippen molar-refractivity contribution in [3.8, 4) is 0 Å². The van der Waals surface area contributed by atoms with E-state index in [9.17, 15) is 9.90 Å². The smallest absolute Gasteiger partial charge is 0.337 e. The highest BCUT2D eigenvalue weighted by Gasteiger charge is 2.45. The van der Waals surface area contributed by atoms with Gasteiger partial charge in [-0.25, -0.2) is 9.78 Å². The average Bonchev–Trinajstić information content (AvgIpc) is 3.20. The molecule has 2 aliphatic rings. The van der Waals surface area contributed by atoms with Gasteiger partial charge in [0.05, 0.1) is 18.3 Å². The first kappa shape index (κ1) is 22.9. The van der Waals surface area contributed by atoms with Crippen molar-refractivity contribution >= 4 is 22.7 Å². The fourth-order valence-electron chi connectivity index (χ4n) is 5.64. The lowest BCUT2D eigenvalue weighted by molar-refractivity contribution is -0.0642. The van der Waals surface area contributed by atoms with Gasteiger partial charge >= 0.3 is 5.97 Å². The average molecular weight is 463 g/mol. The van der Waals surface area contributed by atoms with E-state index in [0.717, 1.165) is 43.9 Å². The molecule has 0 amide bonds. The lowest BCUT2D eigenvalue weighted by Gasteiger charge is -2.55. The van der Waals surface area contributed by atoms with Gasteiger partial charge in [0.1, 0.15) is 5.65 Å². The number of hydrogen-bond acceptors (Lipinski definition) is 6. The molecule has 34 heavy (non-hydrogen) atoms. The molecule has 0 unspecified atom stereocenters. The van der Waals surface area contributed by atoms with E-state index in [2.05, 4.69) is 37.7 Å². The van der Waals surface area contributed by atoms with Gasteiger partial charge in [-0.2, -0.15) is 0 Å². The Labute approximate surface area is 200 Å². The fraction of sp³-hybridized carbons (Fsp3) is 0.481. The molecule has 0 radical (unpaired) electrons. The van der Waals surface area contributed by atoms with Crippen LogP contribution in [-0.4, -0.2) is 71.0 Å². The Hall–Kier alpha value is -2.90. The number of esters is 1. The molecule has 1 spiro atoms. The predicted octanol–water partition coefficient (Wildman–Crippen LogP) is 3.54. The van der Waals surface area contributed by atoms with Crippen molar-refractivity contribution < 1.29 is 14.6 Å². The molecule has 2 fully saturated rings. The number of β-amino-alcohol motifs (C(OH)–C–C–N with tert-alkyl or cyclic N) is 1. The zero-order chi connectivity index (χ0) is 23.9. The lowest BCUT2D eigenvalue weighted by atomic mass is 9.71. The van der Waals surface area contributed by atoms with Crippen molar-refractivity contribution in [2.24, 2.45) is 5.41 Å². The number of anilines is 1. The number of ether oxygens (including phenoxy) is 1. The van der Waals surface area contributed by atoms with E-state index in [1.165, 1.54) is 31.0 Å². The molecule has 180 valence electrons. The van der Waals surface area contributed by atoms with Crippen LogP contribution in [0.25, 0.3) is 11.0 Å². The summed E-state index contributed by atoms with van der Waals surface area (Å²) >= 11 is 0. The predicted molar refractivity (Wildman–Crippen MR) is 133 cm³/mol. The number of nitrogens with zero attached hydrogens (tertiary/aromatic N) is 4. The summed E-state index contributed by atoms with van der Waals surface area (Å²) in [6.07, 6.45) is 6.38. The van der Waals surface area contributed by atoms with E-state index in [4.69, 9.17) is 4.74 Å². The summed E-state index contributed by atoms with van der Waals surface area (Å²) in [5.41, 5.74) is 3.69. The number of aromatic nitrogens is 2. The van der Waals surface area contributed by atoms with Crippen LogP contribution < -0.4 is 4.90 Å². The highest BCUT2D eigenvalue weighted by atomic mass is 16.5. The van der Waals surface area contributed by atoms with E-state index in [1.54, 1.807) is 12.1 Å². The number of carbonyl (C=O) groups is 1. The van der Waals surface area contributed by atoms with Gasteiger partial charge in [0.2, 0.25) is 0 Å². The molecule has 4 heterocycles. The molecule has 0 bridgehead atoms. The van der Waals surface area contributed by atoms with Crippen molar-refractivity contribution in [1.82, 2.24) is 14.5 Å². The minimum absolute atomic E-state index is 0.320. The van der Waals surface area contributed by atoms with Crippen molar-refractivity contribution in [2.45, 2.75) is 38.8 Å². The van der Waals surface area contributed by atoms with Gasteiger partial charge in [-0.3, -0.25) is 4.90 Å². The van der Waals surface area contributed by atoms with Crippen LogP contribution in [0.15, 0.2) is 48.8 Å². The molecule has 0 atom stereocenters. The molecule has 2 aromatic heterocycles. The summed E-state index contributed by atoms with van der Waals surface area (Å²) < 4.78 is 6.95. The summed E-state index contributed by atoms with van der Waals surface area (Å²) in [6.45, 7) is 9.52. The molecular weight excluding hydrogens is 428 g/mol. The molecule has 1 aromatic carbocycles. The number of likely N-dealkylation sites (tertiary alicyclic amines) is 1. The number of benzene rings is 1. The lowest BCUT2D eigenvalue weighted by Crippen LogP contribution is -2.62. The summed E-state index contributed by atoms with van der Waals surface area (Å²) in [7, 11) is 1.40. The minimum Gasteiger partial charge on any atom is -0.465 e. The third-order valence-corrected chi connectivity index (χ3v) is 7.26. The number of aliphatic hydroxyl groups is 1. The second-order valence-electron chi connectivity index (χ2n) is 10.6. The first-order valence-electron chi connectivity index (χ1n) is 12.1. The first-order valence-corrected chi connectivity index (χ1v) is 12.1. The molecule has 7 nitrogen and oxygen atoms in total. The first-order chi connectivity index (χ1) is 16.3. The van der Waals surface area contributed by atoms with E-state index in [-0.39, 0.29) is 5.97 Å². The standard InChI is InChI=1S/C27H34N4O3/c1-26(2,33)17-29-18-27(19-29)10-14-30(15-11-27)23-8-12-28-24-22(23)9-13-31(24)16-20-4-6-21(7-5-20)25(32)34-3/h4-9,12-13,33H,10-11,14-19H2,1-3H3. The number of pyridine rings is 1. The van der Waals surface area contributed by atoms with E-state index in [0.29, 0.717) is 17.5 Å². The van der Waals surface area contributed by atoms with Crippen molar-refractivity contribution in [3.63, 3.8) is 0 Å². The maximum absolute atomic E-state index is 11.7. The van der Waals surface area contributed by atoms with Gasteiger partial charge in [-0.1, -0.05) is 12.1 Å². The van der Waals surface area contributed by atoms with Crippen LogP contribution in [0, 0.1) is 5.41 Å². The molecule has 2 saturated heterocycles. The Morgan fingerprint density at radius 1 is 1.12 bits per heavy atom. The van der Waals surface area contributed by atoms with Crippen LogP contribution >= 0.6 is 0 Å². The minimum atomic E-state index is -0.624. The number of hydrogen-bond donors (Lipinski definition) is 1. The molecule has 7 heteroatoms. The second kappa shape index (κ2) is 8.71. The maximum Gasteiger partial charge on any atom is 0.337 e. The zero-order valence-electron chi connectivity index (χ0n) is 20.3.